The third-order valence-electron chi connectivity index (χ3n) is 5.63. The van der Waals surface area contributed by atoms with Crippen molar-refractivity contribution in [3.05, 3.63) is 18.0 Å². The first-order valence-electron chi connectivity index (χ1n) is 8.62. The highest BCUT2D eigenvalue weighted by atomic mass is 15.3. The van der Waals surface area contributed by atoms with Gasteiger partial charge >= 0.3 is 0 Å². The second-order valence-electron chi connectivity index (χ2n) is 7.02. The van der Waals surface area contributed by atoms with Gasteiger partial charge in [-0.05, 0) is 43.6 Å². The van der Waals surface area contributed by atoms with Crippen LogP contribution in [0.1, 0.15) is 45.1 Å². The lowest BCUT2D eigenvalue weighted by Gasteiger charge is -2.48. The van der Waals surface area contributed by atoms with Gasteiger partial charge in [0.05, 0.1) is 6.20 Å². The molecule has 1 aromatic rings. The van der Waals surface area contributed by atoms with Gasteiger partial charge in [-0.25, -0.2) is 0 Å². The Kier molecular flexibility index (Phi) is 4.36. The smallest absolute Gasteiger partial charge is 0.0522 e. The summed E-state index contributed by atoms with van der Waals surface area (Å²) in [5, 5.41) is 8.17. The number of aromatic nitrogens is 2. The third kappa shape index (κ3) is 3.32. The molecular formula is C17H30N4. The van der Waals surface area contributed by atoms with Crippen LogP contribution >= 0.6 is 0 Å². The monoisotopic (exact) mass is 290 g/mol. The van der Waals surface area contributed by atoms with Gasteiger partial charge in [0, 0.05) is 44.5 Å². The first-order valence-corrected chi connectivity index (χ1v) is 8.62. The lowest BCUT2D eigenvalue weighted by Crippen LogP contribution is -2.64. The van der Waals surface area contributed by atoms with Crippen LogP contribution in [-0.4, -0.2) is 45.9 Å². The molecule has 1 unspecified atom stereocenters. The van der Waals surface area contributed by atoms with Crippen molar-refractivity contribution in [3.63, 3.8) is 0 Å². The molecule has 1 atom stereocenters. The zero-order valence-corrected chi connectivity index (χ0v) is 13.8. The second kappa shape index (κ2) is 6.09. The minimum absolute atomic E-state index is 0.334. The predicted octanol–water partition coefficient (Wildman–Crippen LogP) is 2.21. The fourth-order valence-corrected chi connectivity index (χ4v) is 3.80. The lowest BCUT2D eigenvalue weighted by molar-refractivity contribution is 0.0629. The van der Waals surface area contributed by atoms with Gasteiger partial charge in [0.1, 0.15) is 0 Å². The van der Waals surface area contributed by atoms with Crippen molar-refractivity contribution in [1.29, 1.82) is 0 Å². The number of piperazine rings is 1. The van der Waals surface area contributed by atoms with Gasteiger partial charge < -0.3 is 5.32 Å². The maximum Gasteiger partial charge on any atom is 0.0522 e. The lowest BCUT2D eigenvalue weighted by atomic mass is 9.87. The minimum atomic E-state index is 0.334. The summed E-state index contributed by atoms with van der Waals surface area (Å²) in [5.74, 6) is 0.943. The van der Waals surface area contributed by atoms with E-state index in [9.17, 15) is 0 Å². The Morgan fingerprint density at radius 3 is 2.67 bits per heavy atom. The number of aryl methyl sites for hydroxylation is 1. The molecule has 4 nitrogen and oxygen atoms in total. The van der Waals surface area contributed by atoms with Gasteiger partial charge in [0.25, 0.3) is 0 Å². The highest BCUT2D eigenvalue weighted by Crippen LogP contribution is 2.38. The summed E-state index contributed by atoms with van der Waals surface area (Å²) in [6.07, 6.45) is 10.6. The molecule has 1 aliphatic heterocycles. The van der Waals surface area contributed by atoms with Crippen LogP contribution in [0.3, 0.4) is 0 Å². The zero-order chi connectivity index (χ0) is 14.9. The van der Waals surface area contributed by atoms with Gasteiger partial charge in [0.2, 0.25) is 0 Å². The van der Waals surface area contributed by atoms with Crippen LogP contribution in [-0.2, 0) is 13.5 Å². The molecule has 2 fully saturated rings. The highest BCUT2D eigenvalue weighted by Gasteiger charge is 2.42. The van der Waals surface area contributed by atoms with Gasteiger partial charge in [-0.2, -0.15) is 5.10 Å². The molecule has 21 heavy (non-hydrogen) atoms. The average Bonchev–Trinajstić information content (AvgIpc) is 3.27. The number of nitrogens with zero attached hydrogens (tertiary/aromatic N) is 3. The van der Waals surface area contributed by atoms with Crippen molar-refractivity contribution < 1.29 is 0 Å². The summed E-state index contributed by atoms with van der Waals surface area (Å²) in [6.45, 7) is 8.22. The Labute approximate surface area is 128 Å². The Bertz CT molecular complexity index is 459. The standard InChI is InChI=1S/C17H30N4/c1-4-17(5-2)13-21(16(11-18-17)15-6-7-15)9-8-14-10-19-20(3)12-14/h10,12,15-16,18H,4-9,11,13H2,1-3H3. The Hall–Kier alpha value is -0.870. The summed E-state index contributed by atoms with van der Waals surface area (Å²) in [5.41, 5.74) is 1.70. The molecule has 0 spiro atoms. The normalized spacial score (nSPS) is 26.1. The quantitative estimate of drug-likeness (QED) is 0.872. The molecule has 2 aliphatic rings. The van der Waals surface area contributed by atoms with Crippen molar-refractivity contribution in [2.24, 2.45) is 13.0 Å². The Morgan fingerprint density at radius 2 is 2.10 bits per heavy atom. The topological polar surface area (TPSA) is 33.1 Å². The molecule has 1 aliphatic carbocycles. The second-order valence-corrected chi connectivity index (χ2v) is 7.02. The molecule has 1 saturated carbocycles. The van der Waals surface area contributed by atoms with Crippen LogP contribution in [0.15, 0.2) is 12.4 Å². The minimum Gasteiger partial charge on any atom is -0.308 e. The number of hydrogen-bond donors (Lipinski definition) is 1. The maximum absolute atomic E-state index is 4.29. The van der Waals surface area contributed by atoms with E-state index in [1.165, 1.54) is 50.9 Å². The van der Waals surface area contributed by atoms with Crippen molar-refractivity contribution in [2.45, 2.75) is 57.5 Å². The predicted molar refractivity (Wildman–Crippen MR) is 86.3 cm³/mol. The Balaban J connectivity index is 1.65. The van der Waals surface area contributed by atoms with E-state index in [1.54, 1.807) is 0 Å². The van der Waals surface area contributed by atoms with Crippen LogP contribution in [0.2, 0.25) is 0 Å². The molecule has 0 amide bonds. The van der Waals surface area contributed by atoms with Crippen molar-refractivity contribution in [3.8, 4) is 0 Å². The molecule has 0 radical (unpaired) electrons. The largest absolute Gasteiger partial charge is 0.308 e. The summed E-state index contributed by atoms with van der Waals surface area (Å²) in [6, 6.07) is 0.757. The number of rotatable bonds is 6. The third-order valence-corrected chi connectivity index (χ3v) is 5.63. The van der Waals surface area contributed by atoms with Gasteiger partial charge in [-0.15, -0.1) is 0 Å². The molecule has 1 saturated heterocycles. The van der Waals surface area contributed by atoms with E-state index in [2.05, 4.69) is 35.4 Å². The Morgan fingerprint density at radius 1 is 1.33 bits per heavy atom. The molecule has 1 aromatic heterocycles. The summed E-state index contributed by atoms with van der Waals surface area (Å²) < 4.78 is 1.91. The van der Waals surface area contributed by atoms with Crippen LogP contribution in [0.4, 0.5) is 0 Å². The van der Waals surface area contributed by atoms with Crippen LogP contribution in [0, 0.1) is 5.92 Å². The summed E-state index contributed by atoms with van der Waals surface area (Å²) in [7, 11) is 2.00. The van der Waals surface area contributed by atoms with Crippen molar-refractivity contribution in [2.75, 3.05) is 19.6 Å². The average molecular weight is 290 g/mol. The SMILES string of the molecule is CCC1(CC)CN(CCc2cnn(C)c2)C(C2CC2)CN1. The molecule has 3 rings (SSSR count). The molecule has 118 valence electrons. The van der Waals surface area contributed by atoms with E-state index in [0.29, 0.717) is 5.54 Å². The molecular weight excluding hydrogens is 260 g/mol. The van der Waals surface area contributed by atoms with E-state index in [1.807, 2.05) is 17.9 Å². The maximum atomic E-state index is 4.29. The molecule has 1 N–H and O–H groups in total. The first-order chi connectivity index (χ1) is 10.2. The van der Waals surface area contributed by atoms with Gasteiger partial charge in [-0.1, -0.05) is 13.8 Å². The fraction of sp³-hybridized carbons (Fsp3) is 0.824. The van der Waals surface area contributed by atoms with Crippen molar-refractivity contribution >= 4 is 0 Å². The van der Waals surface area contributed by atoms with E-state index in [0.717, 1.165) is 18.4 Å². The highest BCUT2D eigenvalue weighted by molar-refractivity contribution is 5.06. The summed E-state index contributed by atoms with van der Waals surface area (Å²) in [4.78, 5) is 2.77. The molecule has 0 aromatic carbocycles. The van der Waals surface area contributed by atoms with Crippen LogP contribution < -0.4 is 5.32 Å². The van der Waals surface area contributed by atoms with E-state index >= 15 is 0 Å². The van der Waals surface area contributed by atoms with E-state index < -0.39 is 0 Å². The number of hydrogen-bond acceptors (Lipinski definition) is 3. The number of nitrogens with one attached hydrogen (secondary N) is 1. The van der Waals surface area contributed by atoms with Crippen LogP contribution in [0.25, 0.3) is 0 Å². The van der Waals surface area contributed by atoms with Crippen molar-refractivity contribution in [1.82, 2.24) is 20.0 Å². The first kappa shape index (κ1) is 15.0. The van der Waals surface area contributed by atoms with E-state index in [4.69, 9.17) is 0 Å². The molecule has 4 heteroatoms. The fourth-order valence-electron chi connectivity index (χ4n) is 3.80. The van der Waals surface area contributed by atoms with E-state index in [-0.39, 0.29) is 0 Å². The van der Waals surface area contributed by atoms with Crippen LogP contribution in [0.5, 0.6) is 0 Å². The summed E-state index contributed by atoms with van der Waals surface area (Å²) >= 11 is 0. The van der Waals surface area contributed by atoms with Gasteiger partial charge in [-0.3, -0.25) is 9.58 Å². The zero-order valence-electron chi connectivity index (χ0n) is 13.8. The molecule has 0 bridgehead atoms. The van der Waals surface area contributed by atoms with Gasteiger partial charge in [0.15, 0.2) is 0 Å². The molecule has 2 heterocycles.